The van der Waals surface area contributed by atoms with Crippen LogP contribution in [0.25, 0.3) is 0 Å². The van der Waals surface area contributed by atoms with Crippen molar-refractivity contribution in [2.45, 2.75) is 26.3 Å². The molecule has 0 radical (unpaired) electrons. The van der Waals surface area contributed by atoms with E-state index in [0.717, 1.165) is 6.42 Å². The van der Waals surface area contributed by atoms with Crippen molar-refractivity contribution in [1.82, 2.24) is 0 Å². The maximum Gasteiger partial charge on any atom is 0.183 e. The monoisotopic (exact) mass is 224 g/mol. The summed E-state index contributed by atoms with van der Waals surface area (Å²) in [5.74, 6) is -2.03. The molecule has 0 fully saturated rings. The molecule has 0 bridgehead atoms. The predicted octanol–water partition coefficient (Wildman–Crippen LogP) is 3.07. The van der Waals surface area contributed by atoms with Gasteiger partial charge < -0.3 is 4.90 Å². The molecule has 1 aromatic rings. The maximum atomic E-state index is 13.6. The fourth-order valence-electron chi connectivity index (χ4n) is 1.41. The molecule has 0 aliphatic rings. The Morgan fingerprint density at radius 3 is 2.50 bits per heavy atom. The lowest BCUT2D eigenvalue weighted by Gasteiger charge is -2.26. The number of halogens is 2. The normalized spacial score (nSPS) is 12.0. The van der Waals surface area contributed by atoms with E-state index in [0.29, 0.717) is 0 Å². The summed E-state index contributed by atoms with van der Waals surface area (Å²) in [6, 6.07) is 4.46. The van der Waals surface area contributed by atoms with Crippen molar-refractivity contribution in [3.05, 3.63) is 29.3 Å². The zero-order chi connectivity index (χ0) is 12.3. The summed E-state index contributed by atoms with van der Waals surface area (Å²) in [6.45, 7) is 3.90. The molecule has 2 nitrogen and oxygen atoms in total. The van der Waals surface area contributed by atoms with E-state index >= 15 is 0 Å². The maximum absolute atomic E-state index is 13.6. The van der Waals surface area contributed by atoms with Gasteiger partial charge in [-0.1, -0.05) is 6.92 Å². The SMILES string of the molecule is CCC(C)N(C)c1ccc(C#N)c(F)c1F. The van der Waals surface area contributed by atoms with Crippen LogP contribution in [0.2, 0.25) is 0 Å². The van der Waals surface area contributed by atoms with Crippen molar-refractivity contribution < 1.29 is 8.78 Å². The molecule has 86 valence electrons. The topological polar surface area (TPSA) is 27.0 Å². The van der Waals surface area contributed by atoms with E-state index in [1.54, 1.807) is 18.0 Å². The van der Waals surface area contributed by atoms with Gasteiger partial charge in [0, 0.05) is 13.1 Å². The summed E-state index contributed by atoms with van der Waals surface area (Å²) < 4.78 is 27.0. The zero-order valence-corrected chi connectivity index (χ0v) is 9.59. The third-order valence-electron chi connectivity index (χ3n) is 2.81. The van der Waals surface area contributed by atoms with E-state index in [-0.39, 0.29) is 17.3 Å². The molecule has 0 aliphatic heterocycles. The van der Waals surface area contributed by atoms with Gasteiger partial charge in [0.2, 0.25) is 0 Å². The van der Waals surface area contributed by atoms with E-state index in [4.69, 9.17) is 5.26 Å². The summed E-state index contributed by atoms with van der Waals surface area (Å²) in [5.41, 5.74) is -0.0790. The van der Waals surface area contributed by atoms with Crippen LogP contribution in [0.1, 0.15) is 25.8 Å². The Kier molecular flexibility index (Phi) is 3.83. The average molecular weight is 224 g/mol. The van der Waals surface area contributed by atoms with Crippen LogP contribution in [0.5, 0.6) is 0 Å². The van der Waals surface area contributed by atoms with Gasteiger partial charge in [0.05, 0.1) is 11.3 Å². The van der Waals surface area contributed by atoms with Crippen LogP contribution in [-0.4, -0.2) is 13.1 Å². The highest BCUT2D eigenvalue weighted by Gasteiger charge is 2.18. The van der Waals surface area contributed by atoms with E-state index in [1.165, 1.54) is 12.1 Å². The Balaban J connectivity index is 3.18. The van der Waals surface area contributed by atoms with Crippen molar-refractivity contribution in [3.63, 3.8) is 0 Å². The molecule has 1 rings (SSSR count). The summed E-state index contributed by atoms with van der Waals surface area (Å²) >= 11 is 0. The molecular formula is C12H14F2N2. The third kappa shape index (κ3) is 2.13. The molecule has 16 heavy (non-hydrogen) atoms. The summed E-state index contributed by atoms with van der Waals surface area (Å²) in [4.78, 5) is 1.67. The molecule has 0 N–H and O–H groups in total. The van der Waals surface area contributed by atoms with Gasteiger partial charge in [0.1, 0.15) is 6.07 Å². The quantitative estimate of drug-likeness (QED) is 0.789. The van der Waals surface area contributed by atoms with Crippen molar-refractivity contribution in [1.29, 1.82) is 5.26 Å². The number of hydrogen-bond acceptors (Lipinski definition) is 2. The van der Waals surface area contributed by atoms with Gasteiger partial charge >= 0.3 is 0 Å². The molecule has 0 aromatic heterocycles. The van der Waals surface area contributed by atoms with Crippen LogP contribution in [0.4, 0.5) is 14.5 Å². The number of anilines is 1. The van der Waals surface area contributed by atoms with Gasteiger partial charge in [-0.05, 0) is 25.5 Å². The molecule has 1 atom stereocenters. The largest absolute Gasteiger partial charge is 0.369 e. The Hall–Kier alpha value is -1.63. The average Bonchev–Trinajstić information content (AvgIpc) is 2.30. The fourth-order valence-corrected chi connectivity index (χ4v) is 1.41. The highest BCUT2D eigenvalue weighted by Crippen LogP contribution is 2.24. The third-order valence-corrected chi connectivity index (χ3v) is 2.81. The zero-order valence-electron chi connectivity index (χ0n) is 9.59. The molecule has 0 amide bonds. The molecule has 0 heterocycles. The Bertz CT molecular complexity index is 424. The van der Waals surface area contributed by atoms with Crippen molar-refractivity contribution in [2.24, 2.45) is 0 Å². The summed E-state index contributed by atoms with van der Waals surface area (Å²) in [7, 11) is 1.71. The minimum atomic E-state index is -1.07. The molecule has 0 aliphatic carbocycles. The van der Waals surface area contributed by atoms with Gasteiger partial charge in [-0.15, -0.1) is 0 Å². The van der Waals surface area contributed by atoms with Crippen LogP contribution in [-0.2, 0) is 0 Å². The van der Waals surface area contributed by atoms with E-state index in [2.05, 4.69) is 0 Å². The van der Waals surface area contributed by atoms with Crippen LogP contribution in [0.15, 0.2) is 12.1 Å². The molecule has 1 aromatic carbocycles. The first-order chi connectivity index (χ1) is 7.52. The summed E-state index contributed by atoms with van der Waals surface area (Å²) in [5, 5.41) is 8.56. The first-order valence-electron chi connectivity index (χ1n) is 5.13. The molecule has 4 heteroatoms. The van der Waals surface area contributed by atoms with E-state index in [1.807, 2.05) is 13.8 Å². The van der Waals surface area contributed by atoms with Crippen LogP contribution >= 0.6 is 0 Å². The second-order valence-corrected chi connectivity index (χ2v) is 3.74. The highest BCUT2D eigenvalue weighted by atomic mass is 19.2. The Morgan fingerprint density at radius 1 is 1.38 bits per heavy atom. The van der Waals surface area contributed by atoms with Crippen LogP contribution in [0.3, 0.4) is 0 Å². The van der Waals surface area contributed by atoms with E-state index < -0.39 is 11.6 Å². The van der Waals surface area contributed by atoms with Gasteiger partial charge in [-0.25, -0.2) is 8.78 Å². The van der Waals surface area contributed by atoms with Gasteiger partial charge in [-0.2, -0.15) is 5.26 Å². The highest BCUT2D eigenvalue weighted by molar-refractivity contribution is 5.52. The molecular weight excluding hydrogens is 210 g/mol. The van der Waals surface area contributed by atoms with Crippen LogP contribution < -0.4 is 4.90 Å². The number of benzene rings is 1. The lowest BCUT2D eigenvalue weighted by Crippen LogP contribution is -2.29. The van der Waals surface area contributed by atoms with Crippen molar-refractivity contribution >= 4 is 5.69 Å². The number of hydrogen-bond donors (Lipinski definition) is 0. The first kappa shape index (κ1) is 12.4. The molecule has 0 saturated carbocycles. The van der Waals surface area contributed by atoms with Crippen molar-refractivity contribution in [2.75, 3.05) is 11.9 Å². The minimum Gasteiger partial charge on any atom is -0.369 e. The number of rotatable bonds is 3. The lowest BCUT2D eigenvalue weighted by molar-refractivity contribution is 0.501. The van der Waals surface area contributed by atoms with Gasteiger partial charge in [0.25, 0.3) is 0 Å². The van der Waals surface area contributed by atoms with Gasteiger partial charge in [0.15, 0.2) is 11.6 Å². The number of nitriles is 1. The fraction of sp³-hybridized carbons (Fsp3) is 0.417. The Morgan fingerprint density at radius 2 is 2.00 bits per heavy atom. The Labute approximate surface area is 94.1 Å². The number of nitrogens with zero attached hydrogens (tertiary/aromatic N) is 2. The lowest BCUT2D eigenvalue weighted by atomic mass is 10.1. The predicted molar refractivity (Wildman–Crippen MR) is 59.2 cm³/mol. The smallest absolute Gasteiger partial charge is 0.183 e. The summed E-state index contributed by atoms with van der Waals surface area (Å²) in [6.07, 6.45) is 0.831. The molecule has 0 spiro atoms. The van der Waals surface area contributed by atoms with E-state index in [9.17, 15) is 8.78 Å². The standard InChI is InChI=1S/C12H14F2N2/c1-4-8(2)16(3)10-6-5-9(7-15)11(13)12(10)14/h5-6,8H,4H2,1-3H3. The molecule has 0 saturated heterocycles. The van der Waals surface area contributed by atoms with Crippen LogP contribution in [0, 0.1) is 23.0 Å². The first-order valence-corrected chi connectivity index (χ1v) is 5.13. The second kappa shape index (κ2) is 4.93. The van der Waals surface area contributed by atoms with Gasteiger partial charge in [-0.3, -0.25) is 0 Å². The second-order valence-electron chi connectivity index (χ2n) is 3.74. The molecule has 1 unspecified atom stereocenters. The van der Waals surface area contributed by atoms with Crippen molar-refractivity contribution in [3.8, 4) is 6.07 Å². The minimum absolute atomic E-state index is 0.113.